The van der Waals surface area contributed by atoms with Crippen LogP contribution in [0.1, 0.15) is 15.9 Å². The number of hydrogen-bond acceptors (Lipinski definition) is 5. The molecule has 0 bridgehead atoms. The number of ether oxygens (including phenoxy) is 1. The van der Waals surface area contributed by atoms with Gasteiger partial charge < -0.3 is 4.74 Å². The summed E-state index contributed by atoms with van der Waals surface area (Å²) in [4.78, 5) is 30.4. The van der Waals surface area contributed by atoms with Crippen LogP contribution in [0.15, 0.2) is 71.1 Å². The number of carbonyl (C=O) groups is 1. The number of benzene rings is 2. The predicted octanol–water partition coefficient (Wildman–Crippen LogP) is 4.59. The summed E-state index contributed by atoms with van der Waals surface area (Å²) in [6.45, 7) is -1.58. The molecule has 0 fully saturated rings. The molecule has 4 rings (SSSR count). The number of aromatic nitrogens is 2. The minimum Gasteiger partial charge on any atom is -0.367 e. The summed E-state index contributed by atoms with van der Waals surface area (Å²) in [5.74, 6) is -0.562. The molecule has 0 spiro atoms. The summed E-state index contributed by atoms with van der Waals surface area (Å²) >= 11 is 1.34. The molecule has 0 aliphatic rings. The van der Waals surface area contributed by atoms with E-state index in [0.717, 1.165) is 15.8 Å². The highest BCUT2D eigenvalue weighted by molar-refractivity contribution is 7.17. The quantitative estimate of drug-likeness (QED) is 0.458. The number of halogens is 3. The van der Waals surface area contributed by atoms with Crippen LogP contribution in [0.5, 0.6) is 0 Å². The number of rotatable bonds is 6. The number of nitrogens with zero attached hydrogens (tertiary/aromatic N) is 2. The molecular formula is C22H16F3N3O3S. The van der Waals surface area contributed by atoms with Crippen molar-refractivity contribution in [1.29, 1.82) is 0 Å². The second-order valence-electron chi connectivity index (χ2n) is 6.86. The van der Waals surface area contributed by atoms with E-state index in [0.29, 0.717) is 15.8 Å². The topological polar surface area (TPSA) is 73.2 Å². The van der Waals surface area contributed by atoms with Crippen LogP contribution >= 0.6 is 11.3 Å². The van der Waals surface area contributed by atoms with Crippen molar-refractivity contribution in [3.05, 3.63) is 87.8 Å². The number of amides is 1. The second-order valence-corrected chi connectivity index (χ2v) is 7.72. The van der Waals surface area contributed by atoms with Gasteiger partial charge in [-0.05, 0) is 23.3 Å². The Morgan fingerprint density at radius 1 is 1.09 bits per heavy atom. The van der Waals surface area contributed by atoms with Crippen molar-refractivity contribution in [3.63, 3.8) is 0 Å². The van der Waals surface area contributed by atoms with Gasteiger partial charge in [0.25, 0.3) is 11.5 Å². The van der Waals surface area contributed by atoms with Gasteiger partial charge in [0, 0.05) is 16.5 Å². The Balaban J connectivity index is 1.51. The maximum Gasteiger partial charge on any atom is 0.411 e. The smallest absolute Gasteiger partial charge is 0.367 e. The van der Waals surface area contributed by atoms with Crippen LogP contribution in [-0.2, 0) is 11.3 Å². The van der Waals surface area contributed by atoms with Crippen LogP contribution in [0, 0.1) is 0 Å². The number of nitrogens with one attached hydrogen (secondary N) is 1. The zero-order valence-electron chi connectivity index (χ0n) is 16.4. The highest BCUT2D eigenvalue weighted by atomic mass is 32.1. The highest BCUT2D eigenvalue weighted by Crippen LogP contribution is 2.30. The Morgan fingerprint density at radius 2 is 1.81 bits per heavy atom. The van der Waals surface area contributed by atoms with Crippen molar-refractivity contribution < 1.29 is 22.7 Å². The van der Waals surface area contributed by atoms with E-state index in [1.165, 1.54) is 41.9 Å². The largest absolute Gasteiger partial charge is 0.411 e. The minimum absolute atomic E-state index is 0.227. The van der Waals surface area contributed by atoms with E-state index >= 15 is 0 Å². The Hall–Kier alpha value is -3.50. The van der Waals surface area contributed by atoms with Crippen molar-refractivity contribution in [2.75, 3.05) is 12.0 Å². The summed E-state index contributed by atoms with van der Waals surface area (Å²) in [5, 5.41) is 2.25. The predicted molar refractivity (Wildman–Crippen MR) is 115 cm³/mol. The molecule has 4 aromatic rings. The fourth-order valence-corrected chi connectivity index (χ4v) is 3.96. The average Bonchev–Trinajstić information content (AvgIpc) is 3.21. The summed E-state index contributed by atoms with van der Waals surface area (Å²) in [6.07, 6.45) is -3.15. The van der Waals surface area contributed by atoms with Crippen LogP contribution in [-0.4, -0.2) is 28.4 Å². The van der Waals surface area contributed by atoms with Crippen LogP contribution < -0.4 is 11.0 Å². The van der Waals surface area contributed by atoms with Crippen molar-refractivity contribution in [1.82, 2.24) is 9.66 Å². The van der Waals surface area contributed by atoms with Crippen LogP contribution in [0.25, 0.3) is 21.3 Å². The molecule has 1 N–H and O–H groups in total. The maximum atomic E-state index is 13.0. The molecule has 2 aromatic carbocycles. The first-order valence-corrected chi connectivity index (χ1v) is 10.3. The third kappa shape index (κ3) is 4.87. The summed E-state index contributed by atoms with van der Waals surface area (Å²) in [7, 11) is 0. The van der Waals surface area contributed by atoms with E-state index in [1.807, 2.05) is 35.7 Å². The van der Waals surface area contributed by atoms with Gasteiger partial charge in [0.05, 0.1) is 12.0 Å². The molecule has 164 valence electrons. The molecular weight excluding hydrogens is 443 g/mol. The lowest BCUT2D eigenvalue weighted by Gasteiger charge is -2.10. The first-order valence-electron chi connectivity index (χ1n) is 9.41. The van der Waals surface area contributed by atoms with Gasteiger partial charge in [0.2, 0.25) is 0 Å². The standard InChI is InChI=1S/C22H16F3N3O3S/c23-22(24,25)12-31-10-14-6-8-16(9-7-14)19(29)27-28-13-26-20-18(21(28)30)17(11-32-20)15-4-2-1-3-5-15/h1-9,11,13H,10,12H2,(H,27,29). The Morgan fingerprint density at radius 3 is 2.50 bits per heavy atom. The molecule has 0 atom stereocenters. The molecule has 1 amide bonds. The van der Waals surface area contributed by atoms with Gasteiger partial charge in [-0.25, -0.2) is 9.66 Å². The number of fused-ring (bicyclic) bond motifs is 1. The zero-order valence-corrected chi connectivity index (χ0v) is 17.2. The third-order valence-corrected chi connectivity index (χ3v) is 5.44. The van der Waals surface area contributed by atoms with E-state index in [-0.39, 0.29) is 12.2 Å². The van der Waals surface area contributed by atoms with Gasteiger partial charge in [-0.15, -0.1) is 11.3 Å². The molecule has 6 nitrogen and oxygen atoms in total. The minimum atomic E-state index is -4.40. The van der Waals surface area contributed by atoms with E-state index < -0.39 is 24.2 Å². The highest BCUT2D eigenvalue weighted by Gasteiger charge is 2.27. The van der Waals surface area contributed by atoms with Crippen molar-refractivity contribution >= 4 is 27.5 Å². The van der Waals surface area contributed by atoms with Gasteiger partial charge in [0.15, 0.2) is 0 Å². The summed E-state index contributed by atoms with van der Waals surface area (Å²) in [5.41, 5.74) is 4.39. The van der Waals surface area contributed by atoms with Crippen molar-refractivity contribution in [3.8, 4) is 11.1 Å². The maximum absolute atomic E-state index is 13.0. The Labute approximate surface area is 183 Å². The monoisotopic (exact) mass is 459 g/mol. The van der Waals surface area contributed by atoms with Gasteiger partial charge in [-0.3, -0.25) is 15.0 Å². The van der Waals surface area contributed by atoms with Crippen LogP contribution in [0.3, 0.4) is 0 Å². The zero-order chi connectivity index (χ0) is 22.7. The molecule has 10 heteroatoms. The van der Waals surface area contributed by atoms with Gasteiger partial charge in [-0.1, -0.05) is 42.5 Å². The molecule has 0 aliphatic carbocycles. The Bertz CT molecular complexity index is 1300. The van der Waals surface area contributed by atoms with E-state index in [1.54, 1.807) is 0 Å². The average molecular weight is 459 g/mol. The Kier molecular flexibility index (Phi) is 6.06. The van der Waals surface area contributed by atoms with Crippen molar-refractivity contribution in [2.24, 2.45) is 0 Å². The molecule has 0 radical (unpaired) electrons. The SMILES string of the molecule is O=C(Nn1cnc2scc(-c3ccccc3)c2c1=O)c1ccc(COCC(F)(F)F)cc1. The van der Waals surface area contributed by atoms with Crippen molar-refractivity contribution in [2.45, 2.75) is 12.8 Å². The van der Waals surface area contributed by atoms with Gasteiger partial charge in [-0.2, -0.15) is 13.2 Å². The number of thiophene rings is 1. The van der Waals surface area contributed by atoms with E-state index in [9.17, 15) is 22.8 Å². The third-order valence-electron chi connectivity index (χ3n) is 4.55. The molecule has 2 aromatic heterocycles. The van der Waals surface area contributed by atoms with Crippen LogP contribution in [0.2, 0.25) is 0 Å². The van der Waals surface area contributed by atoms with Gasteiger partial charge >= 0.3 is 6.18 Å². The summed E-state index contributed by atoms with van der Waals surface area (Å²) in [6, 6.07) is 15.2. The molecule has 32 heavy (non-hydrogen) atoms. The fourth-order valence-electron chi connectivity index (χ4n) is 3.05. The number of carbonyl (C=O) groups excluding carboxylic acids is 1. The lowest BCUT2D eigenvalue weighted by molar-refractivity contribution is -0.176. The summed E-state index contributed by atoms with van der Waals surface area (Å²) < 4.78 is 42.1. The molecule has 0 unspecified atom stereocenters. The molecule has 0 saturated heterocycles. The number of alkyl halides is 3. The van der Waals surface area contributed by atoms with Gasteiger partial charge in [0.1, 0.15) is 17.8 Å². The lowest BCUT2D eigenvalue weighted by Crippen LogP contribution is -2.33. The second kappa shape index (κ2) is 8.93. The number of hydrogen-bond donors (Lipinski definition) is 1. The lowest BCUT2D eigenvalue weighted by atomic mass is 10.1. The normalized spacial score (nSPS) is 11.6. The molecule has 0 saturated carbocycles. The van der Waals surface area contributed by atoms with E-state index in [2.05, 4.69) is 15.1 Å². The molecule has 2 heterocycles. The molecule has 0 aliphatic heterocycles. The van der Waals surface area contributed by atoms with Crippen LogP contribution in [0.4, 0.5) is 13.2 Å². The first-order chi connectivity index (χ1) is 15.3. The fraction of sp³-hybridized carbons (Fsp3) is 0.136. The first kappa shape index (κ1) is 21.7. The van der Waals surface area contributed by atoms with E-state index in [4.69, 9.17) is 0 Å².